The molecule has 0 amide bonds. The number of nitrogen functional groups attached to an aromatic ring is 1. The van der Waals surface area contributed by atoms with Crippen LogP contribution in [0.5, 0.6) is 0 Å². The van der Waals surface area contributed by atoms with E-state index in [4.69, 9.17) is 20.4 Å². The number of carbonyl (C=O) groups is 1. The number of aromatic nitrogens is 3. The number of ether oxygens (including phenoxy) is 1. The molecule has 0 aliphatic heterocycles. The first-order valence-corrected chi connectivity index (χ1v) is 11.4. The van der Waals surface area contributed by atoms with E-state index in [9.17, 15) is 4.79 Å². The molecule has 2 N–H and O–H groups in total. The minimum atomic E-state index is -0.470. The number of hydrogen-bond acceptors (Lipinski definition) is 5. The van der Waals surface area contributed by atoms with Crippen molar-refractivity contribution in [2.24, 2.45) is 0 Å². The fourth-order valence-corrected chi connectivity index (χ4v) is 3.99. The zero-order valence-electron chi connectivity index (χ0n) is 18.6. The summed E-state index contributed by atoms with van der Waals surface area (Å²) in [6.07, 6.45) is 7.04. The first kappa shape index (κ1) is 21.8. The molecule has 2 heterocycles. The molecule has 166 valence electrons. The lowest BCUT2D eigenvalue weighted by atomic mass is 10.1. The zero-order chi connectivity index (χ0) is 22.3. The summed E-state index contributed by atoms with van der Waals surface area (Å²) in [4.78, 5) is 22.6. The standard InChI is InChI=1S/C26H30N4O2/c1-2-3-4-5-6-12-17-30-24(27)22(26(31)32-18-19-13-8-7-9-14-19)23-25(30)29-21-16-11-10-15-20(21)28-23/h7-11,13-16H,2-6,12,17-18,27H2,1H3. The minimum absolute atomic E-state index is 0.185. The molecule has 4 aromatic rings. The number of nitrogens with two attached hydrogens (primary N) is 1. The number of anilines is 1. The van der Waals surface area contributed by atoms with E-state index in [0.29, 0.717) is 29.1 Å². The number of nitrogens with zero attached hydrogens (tertiary/aromatic N) is 3. The Labute approximate surface area is 188 Å². The Morgan fingerprint density at radius 1 is 0.906 bits per heavy atom. The van der Waals surface area contributed by atoms with E-state index in [1.807, 2.05) is 59.2 Å². The van der Waals surface area contributed by atoms with Crippen LogP contribution in [0.4, 0.5) is 5.82 Å². The van der Waals surface area contributed by atoms with Crippen molar-refractivity contribution in [3.63, 3.8) is 0 Å². The van der Waals surface area contributed by atoms with Crippen LogP contribution in [0.3, 0.4) is 0 Å². The van der Waals surface area contributed by atoms with Crippen LogP contribution >= 0.6 is 0 Å². The molecule has 0 aliphatic rings. The molecular formula is C26H30N4O2. The Balaban J connectivity index is 1.63. The molecule has 0 spiro atoms. The van der Waals surface area contributed by atoms with Gasteiger partial charge in [0.05, 0.1) is 11.0 Å². The SMILES string of the molecule is CCCCCCCCn1c(N)c(C(=O)OCc2ccccc2)c2nc3ccccc3nc21. The Hall–Kier alpha value is -3.41. The molecule has 4 rings (SSSR count). The fourth-order valence-electron chi connectivity index (χ4n) is 3.99. The fraction of sp³-hybridized carbons (Fsp3) is 0.346. The summed E-state index contributed by atoms with van der Waals surface area (Å²) in [6.45, 7) is 3.10. The van der Waals surface area contributed by atoms with Gasteiger partial charge in [0.25, 0.3) is 0 Å². The van der Waals surface area contributed by atoms with Crippen LogP contribution < -0.4 is 5.73 Å². The van der Waals surface area contributed by atoms with Gasteiger partial charge in [0, 0.05) is 6.54 Å². The number of aryl methyl sites for hydroxylation is 1. The topological polar surface area (TPSA) is 83.0 Å². The van der Waals surface area contributed by atoms with Crippen LogP contribution in [-0.2, 0) is 17.9 Å². The van der Waals surface area contributed by atoms with E-state index >= 15 is 0 Å². The first-order chi connectivity index (χ1) is 15.7. The van der Waals surface area contributed by atoms with Crippen LogP contribution in [0.25, 0.3) is 22.2 Å². The molecular weight excluding hydrogens is 400 g/mol. The van der Waals surface area contributed by atoms with E-state index in [-0.39, 0.29) is 6.61 Å². The van der Waals surface area contributed by atoms with Crippen LogP contribution in [0.1, 0.15) is 61.4 Å². The van der Waals surface area contributed by atoms with Crippen molar-refractivity contribution in [3.8, 4) is 0 Å². The second kappa shape index (κ2) is 10.3. The van der Waals surface area contributed by atoms with E-state index in [1.165, 1.54) is 25.7 Å². The third-order valence-corrected chi connectivity index (χ3v) is 5.74. The molecule has 0 bridgehead atoms. The quantitative estimate of drug-likeness (QED) is 0.251. The molecule has 6 heteroatoms. The number of carbonyl (C=O) groups excluding carboxylic acids is 1. The van der Waals surface area contributed by atoms with E-state index in [2.05, 4.69) is 6.92 Å². The zero-order valence-corrected chi connectivity index (χ0v) is 18.6. The molecule has 6 nitrogen and oxygen atoms in total. The number of hydrogen-bond donors (Lipinski definition) is 1. The third-order valence-electron chi connectivity index (χ3n) is 5.74. The normalized spacial score (nSPS) is 11.3. The van der Waals surface area contributed by atoms with Gasteiger partial charge in [-0.1, -0.05) is 81.5 Å². The Morgan fingerprint density at radius 2 is 1.56 bits per heavy atom. The highest BCUT2D eigenvalue weighted by Gasteiger charge is 2.25. The molecule has 0 radical (unpaired) electrons. The first-order valence-electron chi connectivity index (χ1n) is 11.4. The monoisotopic (exact) mass is 430 g/mol. The molecule has 0 aliphatic carbocycles. The maximum absolute atomic E-state index is 13.1. The highest BCUT2D eigenvalue weighted by molar-refractivity contribution is 6.08. The van der Waals surface area contributed by atoms with Gasteiger partial charge in [-0.15, -0.1) is 0 Å². The Kier molecular flexibility index (Phi) is 7.00. The number of benzene rings is 2. The van der Waals surface area contributed by atoms with Gasteiger partial charge in [-0.05, 0) is 24.1 Å². The van der Waals surface area contributed by atoms with E-state index in [0.717, 1.165) is 29.4 Å². The second-order valence-corrected chi connectivity index (χ2v) is 8.13. The summed E-state index contributed by atoms with van der Waals surface area (Å²) in [7, 11) is 0. The van der Waals surface area contributed by atoms with Crippen LogP contribution in [0, 0.1) is 0 Å². The van der Waals surface area contributed by atoms with E-state index in [1.54, 1.807) is 0 Å². The lowest BCUT2D eigenvalue weighted by Gasteiger charge is -2.08. The second-order valence-electron chi connectivity index (χ2n) is 8.13. The Bertz CT molecular complexity index is 1200. The van der Waals surface area contributed by atoms with Crippen LogP contribution in [0.15, 0.2) is 54.6 Å². The maximum atomic E-state index is 13.1. The molecule has 0 unspecified atom stereocenters. The predicted octanol–water partition coefficient (Wildman–Crippen LogP) is 5.88. The van der Waals surface area contributed by atoms with Crippen LogP contribution in [-0.4, -0.2) is 20.5 Å². The molecule has 2 aromatic heterocycles. The summed E-state index contributed by atoms with van der Waals surface area (Å²) in [5.41, 5.74) is 10.4. The van der Waals surface area contributed by atoms with Crippen molar-refractivity contribution in [2.45, 2.75) is 58.6 Å². The summed E-state index contributed by atoms with van der Waals surface area (Å²) in [6, 6.07) is 17.3. The molecule has 0 fully saturated rings. The predicted molar refractivity (Wildman–Crippen MR) is 128 cm³/mol. The number of fused-ring (bicyclic) bond motifs is 2. The molecule has 0 saturated carbocycles. The van der Waals surface area contributed by atoms with Gasteiger partial charge in [0.15, 0.2) is 5.65 Å². The largest absolute Gasteiger partial charge is 0.457 e. The van der Waals surface area contributed by atoms with Gasteiger partial charge >= 0.3 is 5.97 Å². The van der Waals surface area contributed by atoms with Crippen molar-refractivity contribution in [3.05, 3.63) is 65.7 Å². The summed E-state index contributed by atoms with van der Waals surface area (Å²) >= 11 is 0. The Morgan fingerprint density at radius 3 is 2.31 bits per heavy atom. The molecule has 2 aromatic carbocycles. The van der Waals surface area contributed by atoms with Gasteiger partial charge < -0.3 is 15.0 Å². The third kappa shape index (κ3) is 4.74. The average Bonchev–Trinajstić information content (AvgIpc) is 3.09. The summed E-state index contributed by atoms with van der Waals surface area (Å²) < 4.78 is 7.52. The van der Waals surface area contributed by atoms with Crippen molar-refractivity contribution in [2.75, 3.05) is 5.73 Å². The van der Waals surface area contributed by atoms with Crippen molar-refractivity contribution >= 4 is 34.0 Å². The highest BCUT2D eigenvalue weighted by atomic mass is 16.5. The van der Waals surface area contributed by atoms with E-state index < -0.39 is 5.97 Å². The average molecular weight is 431 g/mol. The van der Waals surface area contributed by atoms with Gasteiger partial charge in [0.1, 0.15) is 23.5 Å². The highest BCUT2D eigenvalue weighted by Crippen LogP contribution is 2.29. The maximum Gasteiger partial charge on any atom is 0.344 e. The van der Waals surface area contributed by atoms with Crippen LogP contribution in [0.2, 0.25) is 0 Å². The molecule has 32 heavy (non-hydrogen) atoms. The number of rotatable bonds is 10. The summed E-state index contributed by atoms with van der Waals surface area (Å²) in [5, 5.41) is 0. The molecule has 0 saturated heterocycles. The smallest absolute Gasteiger partial charge is 0.344 e. The number of unbranched alkanes of at least 4 members (excludes halogenated alkanes) is 5. The van der Waals surface area contributed by atoms with Crippen molar-refractivity contribution in [1.29, 1.82) is 0 Å². The lowest BCUT2D eigenvalue weighted by molar-refractivity contribution is 0.0476. The van der Waals surface area contributed by atoms with Crippen molar-refractivity contribution in [1.82, 2.24) is 14.5 Å². The molecule has 0 atom stereocenters. The lowest BCUT2D eigenvalue weighted by Crippen LogP contribution is -2.10. The van der Waals surface area contributed by atoms with Gasteiger partial charge in [-0.3, -0.25) is 0 Å². The van der Waals surface area contributed by atoms with Gasteiger partial charge in [0.2, 0.25) is 0 Å². The number of para-hydroxylation sites is 2. The summed E-state index contributed by atoms with van der Waals surface area (Å²) in [5.74, 6) is -0.0930. The van der Waals surface area contributed by atoms with Gasteiger partial charge in [-0.25, -0.2) is 14.8 Å². The van der Waals surface area contributed by atoms with Crippen molar-refractivity contribution < 1.29 is 9.53 Å². The minimum Gasteiger partial charge on any atom is -0.457 e. The van der Waals surface area contributed by atoms with Gasteiger partial charge in [-0.2, -0.15) is 0 Å². The number of esters is 1.